The highest BCUT2D eigenvalue weighted by Crippen LogP contribution is 2.04. The summed E-state index contributed by atoms with van der Waals surface area (Å²) >= 11 is 0. The number of carbonyl (C=O) groups excluding carboxylic acids is 1. The van der Waals surface area contributed by atoms with Gasteiger partial charge >= 0.3 is 5.97 Å². The van der Waals surface area contributed by atoms with E-state index in [0.717, 1.165) is 0 Å². The molecule has 0 bridgehead atoms. The highest BCUT2D eigenvalue weighted by Gasteiger charge is 2.14. The molecular weight excluding hydrogens is 177 g/mol. The highest BCUT2D eigenvalue weighted by atomic mass is 19.1. The summed E-state index contributed by atoms with van der Waals surface area (Å²) in [4.78, 5) is 24.1. The van der Waals surface area contributed by atoms with Gasteiger partial charge in [0.2, 0.25) is 11.7 Å². The number of aromatic nitrogens is 1. The minimum absolute atomic E-state index is 0.00472. The first-order chi connectivity index (χ1) is 6.11. The lowest BCUT2D eigenvalue weighted by Crippen LogP contribution is -2.16. The van der Waals surface area contributed by atoms with Crippen molar-refractivity contribution in [1.82, 2.24) is 4.98 Å². The third kappa shape index (κ3) is 2.33. The van der Waals surface area contributed by atoms with Gasteiger partial charge in [0.15, 0.2) is 0 Å². The number of pyridine rings is 1. The van der Waals surface area contributed by atoms with Crippen LogP contribution < -0.4 is 0 Å². The summed E-state index contributed by atoms with van der Waals surface area (Å²) in [5, 5.41) is 8.24. The molecule has 5 heteroatoms. The SMILES string of the molecule is O=C(O)C(=O)Cc1cccnc1F. The normalized spacial score (nSPS) is 9.62. The minimum atomic E-state index is -1.57. The lowest BCUT2D eigenvalue weighted by atomic mass is 10.1. The Morgan fingerprint density at radius 1 is 1.54 bits per heavy atom. The van der Waals surface area contributed by atoms with Crippen LogP contribution in [0, 0.1) is 5.95 Å². The fourth-order valence-corrected chi connectivity index (χ4v) is 0.800. The van der Waals surface area contributed by atoms with Crippen LogP contribution in [0.3, 0.4) is 0 Å². The fourth-order valence-electron chi connectivity index (χ4n) is 0.800. The molecule has 1 heterocycles. The number of hydrogen-bond acceptors (Lipinski definition) is 3. The van der Waals surface area contributed by atoms with Gasteiger partial charge in [0.25, 0.3) is 0 Å². The van der Waals surface area contributed by atoms with E-state index >= 15 is 0 Å². The molecule has 1 aromatic rings. The van der Waals surface area contributed by atoms with Crippen molar-refractivity contribution in [3.8, 4) is 0 Å². The topological polar surface area (TPSA) is 67.3 Å². The number of carboxylic acid groups (broad SMARTS) is 1. The molecule has 0 fully saturated rings. The number of carboxylic acids is 1. The van der Waals surface area contributed by atoms with Crippen molar-refractivity contribution in [3.05, 3.63) is 29.8 Å². The van der Waals surface area contributed by atoms with E-state index in [1.807, 2.05) is 0 Å². The van der Waals surface area contributed by atoms with E-state index in [9.17, 15) is 14.0 Å². The van der Waals surface area contributed by atoms with Gasteiger partial charge in [0.05, 0.1) is 0 Å². The van der Waals surface area contributed by atoms with Gasteiger partial charge in [-0.1, -0.05) is 6.07 Å². The largest absolute Gasteiger partial charge is 0.475 e. The van der Waals surface area contributed by atoms with Crippen molar-refractivity contribution in [2.24, 2.45) is 0 Å². The van der Waals surface area contributed by atoms with Crippen LogP contribution in [0.1, 0.15) is 5.56 Å². The van der Waals surface area contributed by atoms with E-state index in [4.69, 9.17) is 5.11 Å². The first kappa shape index (κ1) is 9.31. The molecule has 0 spiro atoms. The molecule has 0 aliphatic heterocycles. The number of carbonyl (C=O) groups is 2. The van der Waals surface area contributed by atoms with E-state index in [0.29, 0.717) is 0 Å². The van der Waals surface area contributed by atoms with Crippen molar-refractivity contribution < 1.29 is 19.1 Å². The van der Waals surface area contributed by atoms with Crippen LogP contribution >= 0.6 is 0 Å². The van der Waals surface area contributed by atoms with Gasteiger partial charge < -0.3 is 5.11 Å². The van der Waals surface area contributed by atoms with Gasteiger partial charge in [-0.15, -0.1) is 0 Å². The Balaban J connectivity index is 2.81. The number of Topliss-reactive ketones (excluding diaryl/α,β-unsaturated/α-hetero) is 1. The number of aliphatic carboxylic acids is 1. The second kappa shape index (κ2) is 3.75. The first-order valence-electron chi connectivity index (χ1n) is 3.47. The summed E-state index contributed by atoms with van der Waals surface area (Å²) in [6.45, 7) is 0. The van der Waals surface area contributed by atoms with Crippen LogP contribution in [0.5, 0.6) is 0 Å². The smallest absolute Gasteiger partial charge is 0.372 e. The van der Waals surface area contributed by atoms with E-state index in [1.54, 1.807) is 0 Å². The molecule has 0 atom stereocenters. The number of ketones is 1. The molecular formula is C8H6FNO3. The fraction of sp³-hybridized carbons (Fsp3) is 0.125. The highest BCUT2D eigenvalue weighted by molar-refractivity contribution is 6.33. The average Bonchev–Trinajstić information content (AvgIpc) is 2.08. The number of rotatable bonds is 3. The Morgan fingerprint density at radius 3 is 2.77 bits per heavy atom. The summed E-state index contributed by atoms with van der Waals surface area (Å²) in [7, 11) is 0. The molecule has 1 N–H and O–H groups in total. The van der Waals surface area contributed by atoms with Crippen LogP contribution in [0.4, 0.5) is 4.39 Å². The molecule has 0 aliphatic carbocycles. The van der Waals surface area contributed by atoms with Gasteiger partial charge in [-0.2, -0.15) is 4.39 Å². The van der Waals surface area contributed by atoms with Crippen LogP contribution in [-0.4, -0.2) is 21.8 Å². The molecule has 4 nitrogen and oxygen atoms in total. The van der Waals surface area contributed by atoms with Gasteiger partial charge in [-0.25, -0.2) is 9.78 Å². The molecule has 0 aliphatic rings. The molecule has 0 radical (unpaired) electrons. The van der Waals surface area contributed by atoms with Crippen LogP contribution in [0.25, 0.3) is 0 Å². The maximum atomic E-state index is 12.8. The predicted octanol–water partition coefficient (Wildman–Crippen LogP) is 0.417. The van der Waals surface area contributed by atoms with Gasteiger partial charge in [-0.05, 0) is 6.07 Å². The Bertz CT molecular complexity index is 351. The predicted molar refractivity (Wildman–Crippen MR) is 40.5 cm³/mol. The van der Waals surface area contributed by atoms with Gasteiger partial charge in [0, 0.05) is 18.2 Å². The lowest BCUT2D eigenvalue weighted by molar-refractivity contribution is -0.148. The van der Waals surface area contributed by atoms with E-state index in [1.165, 1.54) is 18.3 Å². The maximum absolute atomic E-state index is 12.8. The molecule has 13 heavy (non-hydrogen) atoms. The standard InChI is InChI=1S/C8H6FNO3/c9-7-5(2-1-3-10-7)4-6(11)8(12)13/h1-3H,4H2,(H,12,13). The van der Waals surface area contributed by atoms with E-state index in [-0.39, 0.29) is 5.56 Å². The van der Waals surface area contributed by atoms with E-state index < -0.39 is 24.1 Å². The number of hydrogen-bond donors (Lipinski definition) is 1. The zero-order valence-electron chi connectivity index (χ0n) is 6.53. The second-order valence-corrected chi connectivity index (χ2v) is 2.36. The van der Waals surface area contributed by atoms with E-state index in [2.05, 4.69) is 4.98 Å². The molecule has 68 valence electrons. The number of halogens is 1. The van der Waals surface area contributed by atoms with Crippen molar-refractivity contribution in [1.29, 1.82) is 0 Å². The van der Waals surface area contributed by atoms with Crippen molar-refractivity contribution >= 4 is 11.8 Å². The summed E-state index contributed by atoms with van der Waals surface area (Å²) in [6, 6.07) is 2.76. The zero-order valence-corrected chi connectivity index (χ0v) is 6.53. The van der Waals surface area contributed by atoms with Crippen LogP contribution in [0.2, 0.25) is 0 Å². The lowest BCUT2D eigenvalue weighted by Gasteiger charge is -1.97. The molecule has 0 saturated carbocycles. The monoisotopic (exact) mass is 183 g/mol. The molecule has 0 saturated heterocycles. The molecule has 1 rings (SSSR count). The van der Waals surface area contributed by atoms with Crippen molar-refractivity contribution in [2.45, 2.75) is 6.42 Å². The van der Waals surface area contributed by atoms with Gasteiger partial charge in [-0.3, -0.25) is 4.79 Å². The van der Waals surface area contributed by atoms with Crippen molar-refractivity contribution in [2.75, 3.05) is 0 Å². The summed E-state index contributed by atoms with van der Waals surface area (Å²) < 4.78 is 12.8. The van der Waals surface area contributed by atoms with Crippen LogP contribution in [0.15, 0.2) is 18.3 Å². The third-order valence-corrected chi connectivity index (χ3v) is 1.43. The summed E-state index contributed by atoms with van der Waals surface area (Å²) in [5.74, 6) is -3.42. The van der Waals surface area contributed by atoms with Gasteiger partial charge in [0.1, 0.15) is 0 Å². The Morgan fingerprint density at radius 2 is 2.23 bits per heavy atom. The molecule has 0 amide bonds. The Kier molecular flexibility index (Phi) is 2.69. The average molecular weight is 183 g/mol. The summed E-state index contributed by atoms with van der Waals surface area (Å²) in [5.41, 5.74) is -0.00472. The maximum Gasteiger partial charge on any atom is 0.372 e. The number of nitrogens with zero attached hydrogens (tertiary/aromatic N) is 1. The Hall–Kier alpha value is -1.78. The zero-order chi connectivity index (χ0) is 9.84. The van der Waals surface area contributed by atoms with Crippen LogP contribution in [-0.2, 0) is 16.0 Å². The Labute approximate surface area is 73.0 Å². The summed E-state index contributed by atoms with van der Waals surface area (Å²) in [6.07, 6.45) is 0.763. The minimum Gasteiger partial charge on any atom is -0.475 e. The first-order valence-corrected chi connectivity index (χ1v) is 3.47. The quantitative estimate of drug-likeness (QED) is 0.544. The molecule has 0 unspecified atom stereocenters. The van der Waals surface area contributed by atoms with Crippen molar-refractivity contribution in [3.63, 3.8) is 0 Å². The third-order valence-electron chi connectivity index (χ3n) is 1.43. The molecule has 0 aromatic carbocycles. The second-order valence-electron chi connectivity index (χ2n) is 2.36. The molecule has 1 aromatic heterocycles.